The molecule has 0 saturated carbocycles. The molecule has 1 aliphatic rings. The maximum absolute atomic E-state index is 13.7. The van der Waals surface area contributed by atoms with Crippen LogP contribution in [-0.2, 0) is 20.7 Å². The molecule has 1 heterocycles. The highest BCUT2D eigenvalue weighted by molar-refractivity contribution is 6.34. The second-order valence-corrected chi connectivity index (χ2v) is 9.72. The van der Waals surface area contributed by atoms with Gasteiger partial charge in [-0.05, 0) is 62.4 Å². The Balaban J connectivity index is 1.87. The van der Waals surface area contributed by atoms with Crippen molar-refractivity contribution in [2.45, 2.75) is 51.3 Å². The molecule has 1 fully saturated rings. The standard InChI is InChI=1S/C26H32FN3O4/c1-26(2,3)34-25(33)30-13-12-21(28-23(31)24(32)29(4)5)22(30)15-17-8-6-9-18(14-17)19-10-7-11-20(27)16-19/h6-11,14,16,21-22H,12-13,15H2,1-5H3,(H,28,31)/t21-,22-/m0/s1. The predicted molar refractivity (Wildman–Crippen MR) is 128 cm³/mol. The third-order valence-corrected chi connectivity index (χ3v) is 5.62. The molecule has 0 unspecified atom stereocenters. The minimum atomic E-state index is -0.709. The monoisotopic (exact) mass is 469 g/mol. The Bertz CT molecular complexity index is 1060. The van der Waals surface area contributed by atoms with Crippen LogP contribution in [0.15, 0.2) is 48.5 Å². The summed E-state index contributed by atoms with van der Waals surface area (Å²) in [6.45, 7) is 5.79. The summed E-state index contributed by atoms with van der Waals surface area (Å²) in [5, 5.41) is 2.80. The first-order valence-electron chi connectivity index (χ1n) is 11.3. The summed E-state index contributed by atoms with van der Waals surface area (Å²) < 4.78 is 19.3. The van der Waals surface area contributed by atoms with Crippen LogP contribution in [0, 0.1) is 5.82 Å². The number of nitrogens with one attached hydrogen (secondary N) is 1. The molecule has 1 N–H and O–H groups in total. The SMILES string of the molecule is CN(C)C(=O)C(=O)N[C@H]1CCN(C(=O)OC(C)(C)C)[C@H]1Cc1cccc(-c2cccc(F)c2)c1. The molecule has 2 aromatic rings. The summed E-state index contributed by atoms with van der Waals surface area (Å²) in [7, 11) is 3.03. The highest BCUT2D eigenvalue weighted by Crippen LogP contribution is 2.27. The molecule has 0 radical (unpaired) electrons. The van der Waals surface area contributed by atoms with Gasteiger partial charge in [-0.25, -0.2) is 9.18 Å². The third kappa shape index (κ3) is 6.34. The number of hydrogen-bond acceptors (Lipinski definition) is 4. The molecule has 1 saturated heterocycles. The van der Waals surface area contributed by atoms with Gasteiger partial charge < -0.3 is 19.9 Å². The lowest BCUT2D eigenvalue weighted by Crippen LogP contribution is -2.51. The van der Waals surface area contributed by atoms with Crippen LogP contribution < -0.4 is 5.32 Å². The van der Waals surface area contributed by atoms with E-state index in [1.54, 1.807) is 31.7 Å². The predicted octanol–water partition coefficient (Wildman–Crippen LogP) is 3.62. The van der Waals surface area contributed by atoms with Crippen LogP contribution in [0.25, 0.3) is 11.1 Å². The summed E-state index contributed by atoms with van der Waals surface area (Å²) in [4.78, 5) is 40.3. The topological polar surface area (TPSA) is 79.0 Å². The van der Waals surface area contributed by atoms with E-state index in [4.69, 9.17) is 4.74 Å². The van der Waals surface area contributed by atoms with Gasteiger partial charge in [-0.1, -0.05) is 36.4 Å². The zero-order chi connectivity index (χ0) is 25.0. The lowest BCUT2D eigenvalue weighted by atomic mass is 9.96. The third-order valence-electron chi connectivity index (χ3n) is 5.62. The first-order valence-corrected chi connectivity index (χ1v) is 11.3. The number of benzene rings is 2. The van der Waals surface area contributed by atoms with Gasteiger partial charge in [0.2, 0.25) is 0 Å². The quantitative estimate of drug-likeness (QED) is 0.694. The van der Waals surface area contributed by atoms with Crippen molar-refractivity contribution in [2.75, 3.05) is 20.6 Å². The van der Waals surface area contributed by atoms with E-state index in [1.165, 1.54) is 31.1 Å². The molecule has 0 bridgehead atoms. The first kappa shape index (κ1) is 25.2. The number of amides is 3. The van der Waals surface area contributed by atoms with E-state index in [2.05, 4.69) is 5.32 Å². The van der Waals surface area contributed by atoms with Gasteiger partial charge in [0.25, 0.3) is 0 Å². The van der Waals surface area contributed by atoms with Crippen molar-refractivity contribution in [1.82, 2.24) is 15.1 Å². The molecule has 0 spiro atoms. The van der Waals surface area contributed by atoms with Crippen molar-refractivity contribution in [1.29, 1.82) is 0 Å². The summed E-state index contributed by atoms with van der Waals surface area (Å²) >= 11 is 0. The fourth-order valence-electron chi connectivity index (χ4n) is 4.04. The zero-order valence-electron chi connectivity index (χ0n) is 20.3. The largest absolute Gasteiger partial charge is 0.444 e. The second-order valence-electron chi connectivity index (χ2n) is 9.72. The minimum Gasteiger partial charge on any atom is -0.444 e. The van der Waals surface area contributed by atoms with Crippen molar-refractivity contribution in [3.8, 4) is 11.1 Å². The molecular weight excluding hydrogens is 437 g/mol. The highest BCUT2D eigenvalue weighted by atomic mass is 19.1. The Morgan fingerprint density at radius 1 is 1.09 bits per heavy atom. The van der Waals surface area contributed by atoms with E-state index < -0.39 is 35.6 Å². The van der Waals surface area contributed by atoms with E-state index in [0.29, 0.717) is 19.4 Å². The fourth-order valence-corrected chi connectivity index (χ4v) is 4.04. The molecule has 2 aromatic carbocycles. The molecule has 0 aromatic heterocycles. The summed E-state index contributed by atoms with van der Waals surface area (Å²) in [6.07, 6.45) is 0.471. The van der Waals surface area contributed by atoms with Crippen molar-refractivity contribution < 1.29 is 23.5 Å². The fraction of sp³-hybridized carbons (Fsp3) is 0.423. The van der Waals surface area contributed by atoms with Crippen LogP contribution in [-0.4, -0.2) is 66.0 Å². The average molecular weight is 470 g/mol. The van der Waals surface area contributed by atoms with Gasteiger partial charge in [-0.3, -0.25) is 9.59 Å². The second kappa shape index (κ2) is 10.2. The number of ether oxygens (including phenoxy) is 1. The van der Waals surface area contributed by atoms with Crippen LogP contribution >= 0.6 is 0 Å². The molecule has 3 amide bonds. The van der Waals surface area contributed by atoms with Gasteiger partial charge in [0, 0.05) is 20.6 Å². The van der Waals surface area contributed by atoms with Crippen LogP contribution in [0.2, 0.25) is 0 Å². The van der Waals surface area contributed by atoms with Crippen molar-refractivity contribution in [3.63, 3.8) is 0 Å². The maximum atomic E-state index is 13.7. The Morgan fingerprint density at radius 2 is 1.74 bits per heavy atom. The maximum Gasteiger partial charge on any atom is 0.410 e. The van der Waals surface area contributed by atoms with Crippen molar-refractivity contribution in [2.24, 2.45) is 0 Å². The Kier molecular flexibility index (Phi) is 7.59. The smallest absolute Gasteiger partial charge is 0.410 e. The number of hydrogen-bond donors (Lipinski definition) is 1. The molecule has 2 atom stereocenters. The Hall–Kier alpha value is -3.42. The Labute approximate surface area is 199 Å². The van der Waals surface area contributed by atoms with Crippen LogP contribution in [0.1, 0.15) is 32.8 Å². The van der Waals surface area contributed by atoms with Crippen molar-refractivity contribution >= 4 is 17.9 Å². The van der Waals surface area contributed by atoms with Gasteiger partial charge >= 0.3 is 17.9 Å². The van der Waals surface area contributed by atoms with Gasteiger partial charge in [0.1, 0.15) is 11.4 Å². The van der Waals surface area contributed by atoms with Gasteiger partial charge in [-0.2, -0.15) is 0 Å². The number of likely N-dealkylation sites (tertiary alicyclic amines) is 1. The first-order chi connectivity index (χ1) is 15.9. The van der Waals surface area contributed by atoms with Crippen LogP contribution in [0.3, 0.4) is 0 Å². The molecule has 3 rings (SSSR count). The molecule has 34 heavy (non-hydrogen) atoms. The number of halogens is 1. The number of nitrogens with zero attached hydrogens (tertiary/aromatic N) is 2. The van der Waals surface area contributed by atoms with E-state index in [0.717, 1.165) is 16.7 Å². The highest BCUT2D eigenvalue weighted by Gasteiger charge is 2.40. The van der Waals surface area contributed by atoms with E-state index in [1.807, 2.05) is 30.3 Å². The summed E-state index contributed by atoms with van der Waals surface area (Å²) in [5.41, 5.74) is 1.85. The molecule has 0 aliphatic carbocycles. The molecule has 182 valence electrons. The number of likely N-dealkylation sites (N-methyl/N-ethyl adjacent to an activating group) is 1. The average Bonchev–Trinajstić information content (AvgIpc) is 3.14. The Morgan fingerprint density at radius 3 is 2.35 bits per heavy atom. The summed E-state index contributed by atoms with van der Waals surface area (Å²) in [5.74, 6) is -1.68. The zero-order valence-corrected chi connectivity index (χ0v) is 20.3. The normalized spacial score (nSPS) is 17.9. The number of rotatable bonds is 4. The lowest BCUT2D eigenvalue weighted by Gasteiger charge is -2.31. The summed E-state index contributed by atoms with van der Waals surface area (Å²) in [6, 6.07) is 13.2. The van der Waals surface area contributed by atoms with Gasteiger partial charge in [-0.15, -0.1) is 0 Å². The van der Waals surface area contributed by atoms with Gasteiger partial charge in [0.05, 0.1) is 12.1 Å². The molecule has 1 aliphatic heterocycles. The molecule has 7 nitrogen and oxygen atoms in total. The van der Waals surface area contributed by atoms with Crippen LogP contribution in [0.4, 0.5) is 9.18 Å². The molecule has 8 heteroatoms. The van der Waals surface area contributed by atoms with Crippen LogP contribution in [0.5, 0.6) is 0 Å². The van der Waals surface area contributed by atoms with E-state index in [-0.39, 0.29) is 5.82 Å². The van der Waals surface area contributed by atoms with Gasteiger partial charge in [0.15, 0.2) is 0 Å². The van der Waals surface area contributed by atoms with E-state index in [9.17, 15) is 18.8 Å². The minimum absolute atomic E-state index is 0.317. The number of carbonyl (C=O) groups excluding carboxylic acids is 3. The van der Waals surface area contributed by atoms with E-state index >= 15 is 0 Å². The van der Waals surface area contributed by atoms with Crippen molar-refractivity contribution in [3.05, 3.63) is 59.9 Å². The lowest BCUT2D eigenvalue weighted by molar-refractivity contribution is -0.144. The number of carbonyl (C=O) groups is 3. The molecular formula is C26H32FN3O4.